The van der Waals surface area contributed by atoms with Crippen molar-refractivity contribution in [3.8, 4) is 0 Å². The van der Waals surface area contributed by atoms with E-state index in [4.69, 9.17) is 4.74 Å². The molecule has 0 bridgehead atoms. The highest BCUT2D eigenvalue weighted by Gasteiger charge is 2.30. The third kappa shape index (κ3) is 4.24. The molecule has 2 nitrogen and oxygen atoms in total. The number of ether oxygens (including phenoxy) is 1. The minimum absolute atomic E-state index is 0.486. The van der Waals surface area contributed by atoms with Crippen molar-refractivity contribution < 1.29 is 4.74 Å². The first-order valence-electron chi connectivity index (χ1n) is 8.41. The molecular formula is C17H31NO. The van der Waals surface area contributed by atoms with Crippen molar-refractivity contribution >= 4 is 0 Å². The second-order valence-electron chi connectivity index (χ2n) is 6.20. The van der Waals surface area contributed by atoms with Crippen molar-refractivity contribution in [1.82, 2.24) is 5.32 Å². The normalized spacial score (nSPS) is 28.8. The minimum atomic E-state index is 0.486. The monoisotopic (exact) mass is 265 g/mol. The number of nitrogens with one attached hydrogen (secondary N) is 1. The molecule has 1 aliphatic carbocycles. The first-order valence-corrected chi connectivity index (χ1v) is 8.41. The summed E-state index contributed by atoms with van der Waals surface area (Å²) in [4.78, 5) is 0. The molecule has 19 heavy (non-hydrogen) atoms. The molecular weight excluding hydrogens is 234 g/mol. The molecule has 0 aromatic heterocycles. The van der Waals surface area contributed by atoms with E-state index in [2.05, 4.69) is 25.2 Å². The predicted molar refractivity (Wildman–Crippen MR) is 81.1 cm³/mol. The van der Waals surface area contributed by atoms with Gasteiger partial charge in [0.2, 0.25) is 0 Å². The molecule has 2 heteroatoms. The Morgan fingerprint density at radius 3 is 2.63 bits per heavy atom. The first kappa shape index (κ1) is 14.9. The molecule has 1 fully saturated rings. The summed E-state index contributed by atoms with van der Waals surface area (Å²) in [5.74, 6) is 3.03. The molecule has 1 atom stereocenters. The Labute approximate surface area is 119 Å². The summed E-state index contributed by atoms with van der Waals surface area (Å²) in [6.45, 7) is 6.44. The molecule has 1 N–H and O–H groups in total. The summed E-state index contributed by atoms with van der Waals surface area (Å²) in [5.41, 5.74) is 0. The van der Waals surface area contributed by atoms with Crippen molar-refractivity contribution in [3.05, 3.63) is 11.8 Å². The van der Waals surface area contributed by atoms with E-state index in [0.29, 0.717) is 6.04 Å². The number of hydrogen-bond acceptors (Lipinski definition) is 2. The van der Waals surface area contributed by atoms with Gasteiger partial charge < -0.3 is 10.1 Å². The summed E-state index contributed by atoms with van der Waals surface area (Å²) in [6.07, 6.45) is 13.2. The largest absolute Gasteiger partial charge is 0.496 e. The second kappa shape index (κ2) is 7.94. The fourth-order valence-corrected chi connectivity index (χ4v) is 3.68. The van der Waals surface area contributed by atoms with Gasteiger partial charge in [-0.05, 0) is 37.3 Å². The lowest BCUT2D eigenvalue weighted by molar-refractivity contribution is 0.161. The van der Waals surface area contributed by atoms with Crippen molar-refractivity contribution in [2.75, 3.05) is 13.2 Å². The molecule has 0 spiro atoms. The lowest BCUT2D eigenvalue weighted by Gasteiger charge is -2.34. The quantitative estimate of drug-likeness (QED) is 0.742. The maximum absolute atomic E-state index is 5.81. The van der Waals surface area contributed by atoms with Crippen LogP contribution in [0.4, 0.5) is 0 Å². The summed E-state index contributed by atoms with van der Waals surface area (Å²) in [7, 11) is 0. The average molecular weight is 265 g/mol. The van der Waals surface area contributed by atoms with Crippen LogP contribution in [0, 0.1) is 11.8 Å². The molecule has 1 heterocycles. The summed E-state index contributed by atoms with van der Waals surface area (Å²) in [6, 6.07) is 0.486. The molecule has 0 aromatic rings. The number of likely N-dealkylation sites (N-methyl/N-ethyl adjacent to an activating group) is 1. The molecule has 1 saturated carbocycles. The lowest BCUT2D eigenvalue weighted by atomic mass is 9.76. The number of rotatable bonds is 7. The average Bonchev–Trinajstić information content (AvgIpc) is 2.97. The van der Waals surface area contributed by atoms with Crippen LogP contribution in [0.25, 0.3) is 0 Å². The highest BCUT2D eigenvalue weighted by atomic mass is 16.5. The van der Waals surface area contributed by atoms with Crippen molar-refractivity contribution in [2.24, 2.45) is 11.8 Å². The standard InChI is InChI=1S/C17H31NO/c1-3-5-7-14-9-11-15(12-10-14)17(18-4-2)16-8-6-13-19-16/h8,14-15,17-18H,3-7,9-13H2,1-2H3. The molecule has 2 rings (SSSR count). The van der Waals surface area contributed by atoms with Crippen LogP contribution in [0.3, 0.4) is 0 Å². The molecule has 0 amide bonds. The smallest absolute Gasteiger partial charge is 0.109 e. The second-order valence-corrected chi connectivity index (χ2v) is 6.20. The molecule has 1 aliphatic heterocycles. The fraction of sp³-hybridized carbons (Fsp3) is 0.882. The van der Waals surface area contributed by atoms with Gasteiger partial charge in [0, 0.05) is 6.42 Å². The van der Waals surface area contributed by atoms with E-state index in [-0.39, 0.29) is 0 Å². The zero-order valence-corrected chi connectivity index (χ0v) is 12.8. The van der Waals surface area contributed by atoms with Gasteiger partial charge in [-0.1, -0.05) is 46.0 Å². The van der Waals surface area contributed by atoms with Gasteiger partial charge in [0.15, 0.2) is 0 Å². The van der Waals surface area contributed by atoms with Crippen LogP contribution in [-0.4, -0.2) is 19.2 Å². The van der Waals surface area contributed by atoms with E-state index in [9.17, 15) is 0 Å². The van der Waals surface area contributed by atoms with Gasteiger partial charge in [-0.25, -0.2) is 0 Å². The van der Waals surface area contributed by atoms with Crippen LogP contribution in [0.2, 0.25) is 0 Å². The summed E-state index contributed by atoms with van der Waals surface area (Å²) in [5, 5.41) is 3.66. The topological polar surface area (TPSA) is 21.3 Å². The highest BCUT2D eigenvalue weighted by Crippen LogP contribution is 2.36. The van der Waals surface area contributed by atoms with E-state index >= 15 is 0 Å². The summed E-state index contributed by atoms with van der Waals surface area (Å²) < 4.78 is 5.81. The SMILES string of the molecule is CCCCC1CCC(C(NCC)C2=CCCO2)CC1. The minimum Gasteiger partial charge on any atom is -0.496 e. The van der Waals surface area contributed by atoms with Gasteiger partial charge >= 0.3 is 0 Å². The molecule has 0 saturated heterocycles. The maximum atomic E-state index is 5.81. The Hall–Kier alpha value is -0.500. The van der Waals surface area contributed by atoms with Gasteiger partial charge in [-0.3, -0.25) is 0 Å². The fourth-order valence-electron chi connectivity index (χ4n) is 3.68. The molecule has 0 radical (unpaired) electrons. The Bertz CT molecular complexity index is 279. The first-order chi connectivity index (χ1) is 9.35. The van der Waals surface area contributed by atoms with E-state index in [1.165, 1.54) is 50.7 Å². The zero-order chi connectivity index (χ0) is 13.5. The van der Waals surface area contributed by atoms with Crippen molar-refractivity contribution in [3.63, 3.8) is 0 Å². The van der Waals surface area contributed by atoms with E-state index in [0.717, 1.165) is 31.4 Å². The zero-order valence-electron chi connectivity index (χ0n) is 12.8. The van der Waals surface area contributed by atoms with E-state index in [1.54, 1.807) is 0 Å². The van der Waals surface area contributed by atoms with Crippen molar-refractivity contribution in [2.45, 2.75) is 71.3 Å². The van der Waals surface area contributed by atoms with Crippen LogP contribution >= 0.6 is 0 Å². The summed E-state index contributed by atoms with van der Waals surface area (Å²) >= 11 is 0. The van der Waals surface area contributed by atoms with Crippen LogP contribution in [0.15, 0.2) is 11.8 Å². The van der Waals surface area contributed by atoms with Crippen LogP contribution in [0.5, 0.6) is 0 Å². The number of hydrogen-bond donors (Lipinski definition) is 1. The molecule has 0 aromatic carbocycles. The molecule has 110 valence electrons. The van der Waals surface area contributed by atoms with Crippen molar-refractivity contribution in [1.29, 1.82) is 0 Å². The Balaban J connectivity index is 1.83. The Kier molecular flexibility index (Phi) is 6.22. The third-order valence-electron chi connectivity index (χ3n) is 4.79. The van der Waals surface area contributed by atoms with Gasteiger partial charge in [-0.2, -0.15) is 0 Å². The van der Waals surface area contributed by atoms with Gasteiger partial charge in [0.1, 0.15) is 5.76 Å². The predicted octanol–water partition coefficient (Wildman–Crippen LogP) is 4.27. The highest BCUT2D eigenvalue weighted by molar-refractivity contribution is 5.09. The Morgan fingerprint density at radius 1 is 1.26 bits per heavy atom. The van der Waals surface area contributed by atoms with Crippen LogP contribution in [0.1, 0.15) is 65.2 Å². The maximum Gasteiger partial charge on any atom is 0.109 e. The lowest BCUT2D eigenvalue weighted by Crippen LogP contribution is -2.39. The van der Waals surface area contributed by atoms with Gasteiger partial charge in [0.25, 0.3) is 0 Å². The van der Waals surface area contributed by atoms with Crippen LogP contribution < -0.4 is 5.32 Å². The van der Waals surface area contributed by atoms with E-state index in [1.807, 2.05) is 0 Å². The molecule has 2 aliphatic rings. The number of unbranched alkanes of at least 4 members (excludes halogenated alkanes) is 1. The van der Waals surface area contributed by atoms with Gasteiger partial charge in [0.05, 0.1) is 12.6 Å². The third-order valence-corrected chi connectivity index (χ3v) is 4.79. The Morgan fingerprint density at radius 2 is 2.05 bits per heavy atom. The van der Waals surface area contributed by atoms with Gasteiger partial charge in [-0.15, -0.1) is 0 Å². The molecule has 1 unspecified atom stereocenters. The van der Waals surface area contributed by atoms with Crippen LogP contribution in [-0.2, 0) is 4.74 Å². The van der Waals surface area contributed by atoms with E-state index < -0.39 is 0 Å².